The largest absolute Gasteiger partial charge is 0.496 e. The lowest BCUT2D eigenvalue weighted by molar-refractivity contribution is 0.196. The van der Waals surface area contributed by atoms with E-state index >= 15 is 0 Å². The third-order valence-electron chi connectivity index (χ3n) is 5.09. The van der Waals surface area contributed by atoms with Crippen molar-refractivity contribution in [2.75, 3.05) is 20.2 Å². The van der Waals surface area contributed by atoms with Crippen molar-refractivity contribution >= 4 is 0 Å². The molecule has 1 fully saturated rings. The predicted octanol–water partition coefficient (Wildman–Crippen LogP) is 3.93. The number of hydrogen-bond donors (Lipinski definition) is 0. The van der Waals surface area contributed by atoms with Crippen molar-refractivity contribution in [2.24, 2.45) is 0 Å². The number of piperidine rings is 1. The van der Waals surface area contributed by atoms with Crippen LogP contribution in [0.5, 0.6) is 5.75 Å². The first kappa shape index (κ1) is 17.6. The molecule has 1 aliphatic heterocycles. The quantitative estimate of drug-likeness (QED) is 0.690. The topological polar surface area (TPSA) is 51.1 Å². The minimum atomic E-state index is 0.357. The average Bonchev–Trinajstić information content (AvgIpc) is 2.75. The van der Waals surface area contributed by atoms with Crippen LogP contribution in [-0.2, 0) is 6.54 Å². The van der Waals surface area contributed by atoms with Gasteiger partial charge in [0.25, 0.3) is 0 Å². The molecule has 1 aliphatic rings. The van der Waals surface area contributed by atoms with Gasteiger partial charge in [-0.2, -0.15) is 0 Å². The van der Waals surface area contributed by atoms with Crippen molar-refractivity contribution in [1.29, 1.82) is 0 Å². The van der Waals surface area contributed by atoms with Crippen molar-refractivity contribution in [2.45, 2.75) is 25.3 Å². The molecule has 1 aromatic carbocycles. The Bertz CT molecular complexity index is 884. The number of nitrogens with zero attached hydrogens (tertiary/aromatic N) is 4. The molecule has 27 heavy (non-hydrogen) atoms. The van der Waals surface area contributed by atoms with Gasteiger partial charge in [-0.3, -0.25) is 19.9 Å². The van der Waals surface area contributed by atoms with E-state index < -0.39 is 0 Å². The van der Waals surface area contributed by atoms with E-state index in [0.717, 1.165) is 60.9 Å². The SMILES string of the molecule is COc1ccccc1-c1nccnc1[C@@H]1CCCN(Cc2ccccn2)C1. The van der Waals surface area contributed by atoms with Gasteiger partial charge < -0.3 is 4.74 Å². The number of methoxy groups -OCH3 is 1. The van der Waals surface area contributed by atoms with Gasteiger partial charge in [0, 0.05) is 43.2 Å². The minimum Gasteiger partial charge on any atom is -0.496 e. The highest BCUT2D eigenvalue weighted by atomic mass is 16.5. The van der Waals surface area contributed by atoms with Crippen LogP contribution < -0.4 is 4.74 Å². The van der Waals surface area contributed by atoms with E-state index in [1.165, 1.54) is 0 Å². The second kappa shape index (κ2) is 8.27. The molecule has 5 nitrogen and oxygen atoms in total. The molecule has 138 valence electrons. The van der Waals surface area contributed by atoms with Gasteiger partial charge in [-0.1, -0.05) is 18.2 Å². The van der Waals surface area contributed by atoms with Crippen molar-refractivity contribution < 1.29 is 4.74 Å². The van der Waals surface area contributed by atoms with Crippen LogP contribution in [0.1, 0.15) is 30.1 Å². The van der Waals surface area contributed by atoms with Gasteiger partial charge in [0.1, 0.15) is 5.75 Å². The molecular formula is C22H24N4O. The maximum Gasteiger partial charge on any atom is 0.128 e. The molecule has 0 N–H and O–H groups in total. The highest BCUT2D eigenvalue weighted by Gasteiger charge is 2.26. The molecule has 3 heterocycles. The molecule has 1 saturated heterocycles. The van der Waals surface area contributed by atoms with E-state index in [-0.39, 0.29) is 0 Å². The lowest BCUT2D eigenvalue weighted by Gasteiger charge is -2.32. The van der Waals surface area contributed by atoms with Gasteiger partial charge in [-0.05, 0) is 43.7 Å². The molecular weight excluding hydrogens is 336 g/mol. The number of likely N-dealkylation sites (tertiary alicyclic amines) is 1. The van der Waals surface area contributed by atoms with Crippen molar-refractivity contribution in [3.05, 3.63) is 72.4 Å². The fourth-order valence-corrected chi connectivity index (χ4v) is 3.84. The summed E-state index contributed by atoms with van der Waals surface area (Å²) in [5, 5.41) is 0. The van der Waals surface area contributed by atoms with Gasteiger partial charge in [-0.15, -0.1) is 0 Å². The number of hydrogen-bond acceptors (Lipinski definition) is 5. The maximum absolute atomic E-state index is 5.56. The molecule has 0 aliphatic carbocycles. The molecule has 1 atom stereocenters. The summed E-state index contributed by atoms with van der Waals surface area (Å²) in [5.74, 6) is 1.19. The number of pyridine rings is 1. The highest BCUT2D eigenvalue weighted by molar-refractivity contribution is 5.69. The first-order chi connectivity index (χ1) is 13.3. The summed E-state index contributed by atoms with van der Waals surface area (Å²) in [6, 6.07) is 14.1. The summed E-state index contributed by atoms with van der Waals surface area (Å²) >= 11 is 0. The summed E-state index contributed by atoms with van der Waals surface area (Å²) in [4.78, 5) is 16.3. The molecule has 0 saturated carbocycles. The molecule has 5 heteroatoms. The Morgan fingerprint density at radius 1 is 1.00 bits per heavy atom. The summed E-state index contributed by atoms with van der Waals surface area (Å²) < 4.78 is 5.56. The second-order valence-corrected chi connectivity index (χ2v) is 6.89. The molecule has 0 radical (unpaired) electrons. The number of benzene rings is 1. The summed E-state index contributed by atoms with van der Waals surface area (Å²) in [6.45, 7) is 2.94. The van der Waals surface area contributed by atoms with Crippen LogP contribution in [-0.4, -0.2) is 40.1 Å². The fourth-order valence-electron chi connectivity index (χ4n) is 3.84. The minimum absolute atomic E-state index is 0.357. The zero-order chi connectivity index (χ0) is 18.5. The third-order valence-corrected chi connectivity index (χ3v) is 5.09. The van der Waals surface area contributed by atoms with E-state index in [9.17, 15) is 0 Å². The van der Waals surface area contributed by atoms with E-state index in [0.29, 0.717) is 5.92 Å². The standard InChI is InChI=1S/C22H24N4O/c1-27-20-10-3-2-9-19(20)22-21(24-12-13-25-22)17-7-6-14-26(15-17)16-18-8-4-5-11-23-18/h2-5,8-13,17H,6-7,14-16H2,1H3/t17-/m1/s1. The van der Waals surface area contributed by atoms with Gasteiger partial charge in [0.2, 0.25) is 0 Å². The molecule has 4 rings (SSSR count). The molecule has 0 spiro atoms. The Kier molecular flexibility index (Phi) is 5.39. The lowest BCUT2D eigenvalue weighted by atomic mass is 9.91. The van der Waals surface area contributed by atoms with Crippen LogP contribution in [0.2, 0.25) is 0 Å². The van der Waals surface area contributed by atoms with E-state index in [2.05, 4.69) is 27.0 Å². The smallest absolute Gasteiger partial charge is 0.128 e. The second-order valence-electron chi connectivity index (χ2n) is 6.89. The number of ether oxygens (including phenoxy) is 1. The zero-order valence-electron chi connectivity index (χ0n) is 15.6. The number of para-hydroxylation sites is 1. The molecule has 3 aromatic rings. The fraction of sp³-hybridized carbons (Fsp3) is 0.318. The Hall–Kier alpha value is -2.79. The Morgan fingerprint density at radius 2 is 1.85 bits per heavy atom. The summed E-state index contributed by atoms with van der Waals surface area (Å²) in [5.41, 5.74) is 4.11. The van der Waals surface area contributed by atoms with Gasteiger partial charge in [-0.25, -0.2) is 0 Å². The highest BCUT2D eigenvalue weighted by Crippen LogP contribution is 2.35. The Morgan fingerprint density at radius 3 is 2.70 bits per heavy atom. The van der Waals surface area contributed by atoms with Crippen molar-refractivity contribution in [3.63, 3.8) is 0 Å². The van der Waals surface area contributed by atoms with Crippen molar-refractivity contribution in [3.8, 4) is 17.0 Å². The van der Waals surface area contributed by atoms with Gasteiger partial charge in [0.05, 0.1) is 24.2 Å². The van der Waals surface area contributed by atoms with Crippen LogP contribution in [0.25, 0.3) is 11.3 Å². The van der Waals surface area contributed by atoms with Gasteiger partial charge in [0.15, 0.2) is 0 Å². The predicted molar refractivity (Wildman–Crippen MR) is 106 cm³/mol. The first-order valence-electron chi connectivity index (χ1n) is 9.41. The molecule has 0 bridgehead atoms. The molecule has 2 aromatic heterocycles. The van der Waals surface area contributed by atoms with Gasteiger partial charge >= 0.3 is 0 Å². The molecule has 0 unspecified atom stereocenters. The zero-order valence-corrected chi connectivity index (χ0v) is 15.6. The number of rotatable bonds is 5. The average molecular weight is 360 g/mol. The Balaban J connectivity index is 1.60. The summed E-state index contributed by atoms with van der Waals surface area (Å²) in [6.07, 6.45) is 7.70. The van der Waals surface area contributed by atoms with Crippen LogP contribution in [0.4, 0.5) is 0 Å². The lowest BCUT2D eigenvalue weighted by Crippen LogP contribution is -2.34. The van der Waals surface area contributed by atoms with Crippen LogP contribution in [0, 0.1) is 0 Å². The number of aromatic nitrogens is 3. The van der Waals surface area contributed by atoms with E-state index in [1.54, 1.807) is 19.5 Å². The van der Waals surface area contributed by atoms with Crippen LogP contribution in [0.15, 0.2) is 61.1 Å². The van der Waals surface area contributed by atoms with Crippen LogP contribution in [0.3, 0.4) is 0 Å². The third kappa shape index (κ3) is 3.98. The summed E-state index contributed by atoms with van der Waals surface area (Å²) in [7, 11) is 1.70. The Labute approximate surface area is 160 Å². The van der Waals surface area contributed by atoms with E-state index in [4.69, 9.17) is 9.72 Å². The molecule has 0 amide bonds. The van der Waals surface area contributed by atoms with Crippen molar-refractivity contribution in [1.82, 2.24) is 19.9 Å². The normalized spacial score (nSPS) is 17.6. The maximum atomic E-state index is 5.56. The van der Waals surface area contributed by atoms with Crippen LogP contribution >= 0.6 is 0 Å². The monoisotopic (exact) mass is 360 g/mol. The van der Waals surface area contributed by atoms with E-state index in [1.807, 2.05) is 36.5 Å². The first-order valence-corrected chi connectivity index (χ1v) is 9.41.